The predicted octanol–water partition coefficient (Wildman–Crippen LogP) is 3.84. The Kier molecular flexibility index (Phi) is 2.26. The fourth-order valence-electron chi connectivity index (χ4n) is 0.716. The second-order valence-electron chi connectivity index (χ2n) is 3.48. The van der Waals surface area contributed by atoms with Gasteiger partial charge in [-0.1, -0.05) is 32.4 Å². The lowest BCUT2D eigenvalue weighted by Crippen LogP contribution is -2.07. The average molecular weight is 193 g/mol. The molecule has 0 radical (unpaired) electrons. The molecule has 11 heavy (non-hydrogen) atoms. The first-order valence-corrected chi connectivity index (χ1v) is 4.56. The molecule has 0 aliphatic heterocycles. The Morgan fingerprint density at radius 1 is 1.45 bits per heavy atom. The summed E-state index contributed by atoms with van der Waals surface area (Å²) in [6.07, 6.45) is 0. The van der Waals surface area contributed by atoms with Crippen LogP contribution in [0.1, 0.15) is 25.6 Å². The third-order valence-corrected chi connectivity index (χ3v) is 3.12. The molecular formula is C8H10ClFS. The molecule has 0 fully saturated rings. The van der Waals surface area contributed by atoms with Gasteiger partial charge in [0.1, 0.15) is 4.34 Å². The molecule has 0 aliphatic rings. The largest absolute Gasteiger partial charge is 0.204 e. The maximum Gasteiger partial charge on any atom is 0.152 e. The van der Waals surface area contributed by atoms with Crippen LogP contribution in [-0.2, 0) is 5.41 Å². The maximum absolute atomic E-state index is 12.7. The number of rotatable bonds is 0. The maximum atomic E-state index is 12.7. The highest BCUT2D eigenvalue weighted by atomic mass is 35.5. The Balaban J connectivity index is 3.08. The van der Waals surface area contributed by atoms with Crippen molar-refractivity contribution < 1.29 is 4.39 Å². The summed E-state index contributed by atoms with van der Waals surface area (Å²) in [6, 6.07) is 1.51. The van der Waals surface area contributed by atoms with Gasteiger partial charge in [0.15, 0.2) is 5.82 Å². The van der Waals surface area contributed by atoms with Gasteiger partial charge in [-0.15, -0.1) is 11.3 Å². The molecule has 0 saturated carbocycles. The summed E-state index contributed by atoms with van der Waals surface area (Å²) < 4.78 is 13.0. The summed E-state index contributed by atoms with van der Waals surface area (Å²) in [5, 5.41) is 0. The Hall–Kier alpha value is -0.0800. The Morgan fingerprint density at radius 2 is 2.00 bits per heavy atom. The van der Waals surface area contributed by atoms with E-state index < -0.39 is 0 Å². The van der Waals surface area contributed by atoms with E-state index in [0.29, 0.717) is 0 Å². The highest BCUT2D eigenvalue weighted by Crippen LogP contribution is 2.34. The molecule has 0 aliphatic carbocycles. The molecule has 1 aromatic heterocycles. The van der Waals surface area contributed by atoms with Crippen LogP contribution in [0.3, 0.4) is 0 Å². The first-order chi connectivity index (χ1) is 4.91. The number of hydrogen-bond acceptors (Lipinski definition) is 1. The lowest BCUT2D eigenvalue weighted by molar-refractivity contribution is 0.590. The van der Waals surface area contributed by atoms with Crippen molar-refractivity contribution in [3.8, 4) is 0 Å². The van der Waals surface area contributed by atoms with Crippen LogP contribution in [0.25, 0.3) is 0 Å². The van der Waals surface area contributed by atoms with Gasteiger partial charge in [-0.2, -0.15) is 0 Å². The van der Waals surface area contributed by atoms with E-state index in [2.05, 4.69) is 0 Å². The van der Waals surface area contributed by atoms with E-state index in [4.69, 9.17) is 11.6 Å². The monoisotopic (exact) mass is 192 g/mol. The van der Waals surface area contributed by atoms with Crippen LogP contribution < -0.4 is 0 Å². The molecule has 0 unspecified atom stereocenters. The molecule has 1 heterocycles. The standard InChI is InChI=1S/C8H10ClFS/c1-8(2,3)6-4-5(10)7(9)11-6/h4H,1-3H3. The van der Waals surface area contributed by atoms with Crippen molar-refractivity contribution in [3.63, 3.8) is 0 Å². The normalized spacial score (nSPS) is 12.1. The lowest BCUT2D eigenvalue weighted by atomic mass is 9.95. The topological polar surface area (TPSA) is 0 Å². The van der Waals surface area contributed by atoms with E-state index in [1.807, 2.05) is 20.8 Å². The van der Waals surface area contributed by atoms with Crippen LogP contribution in [-0.4, -0.2) is 0 Å². The van der Waals surface area contributed by atoms with Gasteiger partial charge in [0.05, 0.1) is 0 Å². The van der Waals surface area contributed by atoms with Crippen LogP contribution in [0.5, 0.6) is 0 Å². The lowest BCUT2D eigenvalue weighted by Gasteiger charge is -2.14. The molecule has 3 heteroatoms. The van der Waals surface area contributed by atoms with Crippen LogP contribution in [0.2, 0.25) is 4.34 Å². The van der Waals surface area contributed by atoms with Crippen molar-refractivity contribution in [3.05, 3.63) is 21.1 Å². The van der Waals surface area contributed by atoms with Crippen molar-refractivity contribution in [2.24, 2.45) is 0 Å². The molecule has 0 amide bonds. The van der Waals surface area contributed by atoms with Crippen molar-refractivity contribution in [1.29, 1.82) is 0 Å². The molecule has 0 spiro atoms. The van der Waals surface area contributed by atoms with E-state index in [0.717, 1.165) is 4.88 Å². The minimum atomic E-state index is -0.304. The van der Waals surface area contributed by atoms with Gasteiger partial charge in [0, 0.05) is 4.88 Å². The zero-order valence-electron chi connectivity index (χ0n) is 6.74. The molecule has 0 bridgehead atoms. The number of hydrogen-bond donors (Lipinski definition) is 0. The SMILES string of the molecule is CC(C)(C)c1cc(F)c(Cl)s1. The molecule has 1 rings (SSSR count). The predicted molar refractivity (Wildman–Crippen MR) is 48.0 cm³/mol. The Bertz CT molecular complexity index is 240. The van der Waals surface area contributed by atoms with Crippen LogP contribution in [0.15, 0.2) is 6.07 Å². The first kappa shape index (κ1) is 9.01. The van der Waals surface area contributed by atoms with Crippen molar-refractivity contribution in [1.82, 2.24) is 0 Å². The van der Waals surface area contributed by atoms with Gasteiger partial charge < -0.3 is 0 Å². The second kappa shape index (κ2) is 2.76. The Morgan fingerprint density at radius 3 is 2.18 bits per heavy atom. The smallest absolute Gasteiger partial charge is 0.152 e. The van der Waals surface area contributed by atoms with Crippen molar-refractivity contribution in [2.45, 2.75) is 26.2 Å². The molecular weight excluding hydrogens is 183 g/mol. The van der Waals surface area contributed by atoms with Crippen molar-refractivity contribution in [2.75, 3.05) is 0 Å². The third-order valence-electron chi connectivity index (χ3n) is 1.38. The zero-order chi connectivity index (χ0) is 8.65. The number of halogens is 2. The van der Waals surface area contributed by atoms with E-state index in [9.17, 15) is 4.39 Å². The minimum Gasteiger partial charge on any atom is -0.204 e. The Labute approximate surface area is 75.0 Å². The molecule has 0 aromatic carbocycles. The fraction of sp³-hybridized carbons (Fsp3) is 0.500. The summed E-state index contributed by atoms with van der Waals surface area (Å²) in [5.74, 6) is -0.304. The van der Waals surface area contributed by atoms with E-state index in [1.165, 1.54) is 17.4 Å². The van der Waals surface area contributed by atoms with Gasteiger partial charge >= 0.3 is 0 Å². The molecule has 0 N–H and O–H groups in total. The third kappa shape index (κ3) is 1.94. The van der Waals surface area contributed by atoms with Crippen molar-refractivity contribution >= 4 is 22.9 Å². The minimum absolute atomic E-state index is 0.00134. The summed E-state index contributed by atoms with van der Waals surface area (Å²) in [4.78, 5) is 0.986. The van der Waals surface area contributed by atoms with E-state index >= 15 is 0 Å². The quantitative estimate of drug-likeness (QED) is 0.586. The van der Waals surface area contributed by atoms with Gasteiger partial charge in [-0.3, -0.25) is 0 Å². The first-order valence-electron chi connectivity index (χ1n) is 3.36. The van der Waals surface area contributed by atoms with Gasteiger partial charge in [0.25, 0.3) is 0 Å². The second-order valence-corrected chi connectivity index (χ2v) is 5.14. The highest BCUT2D eigenvalue weighted by molar-refractivity contribution is 7.16. The summed E-state index contributed by atoms with van der Waals surface area (Å²) >= 11 is 6.89. The summed E-state index contributed by atoms with van der Waals surface area (Å²) in [6.45, 7) is 6.11. The number of thiophene rings is 1. The molecule has 0 saturated heterocycles. The zero-order valence-corrected chi connectivity index (χ0v) is 8.31. The molecule has 62 valence electrons. The van der Waals surface area contributed by atoms with E-state index in [-0.39, 0.29) is 15.6 Å². The molecule has 0 atom stereocenters. The highest BCUT2D eigenvalue weighted by Gasteiger charge is 2.18. The summed E-state index contributed by atoms with van der Waals surface area (Å²) in [7, 11) is 0. The van der Waals surface area contributed by atoms with Crippen LogP contribution in [0.4, 0.5) is 4.39 Å². The summed E-state index contributed by atoms with van der Waals surface area (Å²) in [5.41, 5.74) is -0.00134. The molecule has 0 nitrogen and oxygen atoms in total. The average Bonchev–Trinajstić information content (AvgIpc) is 2.11. The van der Waals surface area contributed by atoms with Gasteiger partial charge in [-0.05, 0) is 11.5 Å². The van der Waals surface area contributed by atoms with Crippen LogP contribution in [0, 0.1) is 5.82 Å². The van der Waals surface area contributed by atoms with Gasteiger partial charge in [0.2, 0.25) is 0 Å². The van der Waals surface area contributed by atoms with E-state index in [1.54, 1.807) is 0 Å². The van der Waals surface area contributed by atoms with Crippen LogP contribution >= 0.6 is 22.9 Å². The fourth-order valence-corrected chi connectivity index (χ4v) is 1.84. The van der Waals surface area contributed by atoms with Gasteiger partial charge in [-0.25, -0.2) is 4.39 Å². The molecule has 1 aromatic rings.